The second-order valence-corrected chi connectivity index (χ2v) is 3.48. The molecule has 0 saturated heterocycles. The quantitative estimate of drug-likeness (QED) is 0.638. The lowest BCUT2D eigenvalue weighted by molar-refractivity contribution is -0.255. The Labute approximate surface area is 94.0 Å². The lowest BCUT2D eigenvalue weighted by Crippen LogP contribution is -2.28. The van der Waals surface area contributed by atoms with E-state index in [0.717, 1.165) is 0 Å². The summed E-state index contributed by atoms with van der Waals surface area (Å²) in [6.07, 6.45) is 0. The third kappa shape index (κ3) is 1.42. The summed E-state index contributed by atoms with van der Waals surface area (Å²) in [5.74, 6) is -0.629. The highest BCUT2D eigenvalue weighted by molar-refractivity contribution is 5.91. The van der Waals surface area contributed by atoms with Crippen molar-refractivity contribution in [1.29, 1.82) is 0 Å². The van der Waals surface area contributed by atoms with Crippen molar-refractivity contribution in [3.63, 3.8) is 0 Å². The monoisotopic (exact) mass is 233 g/mol. The van der Waals surface area contributed by atoms with Crippen LogP contribution in [0.25, 0.3) is 11.0 Å². The number of carboxylic acid groups (broad SMARTS) is 1. The molecule has 0 aliphatic carbocycles. The van der Waals surface area contributed by atoms with Gasteiger partial charge < -0.3 is 23.8 Å². The minimum Gasteiger partial charge on any atom is -0.545 e. The van der Waals surface area contributed by atoms with Crippen molar-refractivity contribution in [2.45, 2.75) is 0 Å². The molecule has 6 heteroatoms. The maximum absolute atomic E-state index is 11.3. The van der Waals surface area contributed by atoms with Crippen molar-refractivity contribution in [2.24, 2.45) is 0 Å². The van der Waals surface area contributed by atoms with E-state index in [4.69, 9.17) is 13.9 Å². The molecule has 2 heterocycles. The van der Waals surface area contributed by atoms with Crippen LogP contribution < -0.4 is 20.2 Å². The topological polar surface area (TPSA) is 88.8 Å². The van der Waals surface area contributed by atoms with E-state index in [-0.39, 0.29) is 12.4 Å². The van der Waals surface area contributed by atoms with Crippen LogP contribution in [0.2, 0.25) is 0 Å². The van der Waals surface area contributed by atoms with Crippen LogP contribution in [0.5, 0.6) is 11.5 Å². The molecule has 6 nitrogen and oxygen atoms in total. The lowest BCUT2D eigenvalue weighted by atomic mass is 10.1. The SMILES string of the molecule is O=C([O-])c1cc2cc3c(cc2oc1=O)OCO3. The van der Waals surface area contributed by atoms with Gasteiger partial charge in [0.05, 0.1) is 11.5 Å². The molecule has 0 unspecified atom stereocenters. The van der Waals surface area contributed by atoms with E-state index in [1.807, 2.05) is 0 Å². The smallest absolute Gasteiger partial charge is 0.345 e. The molecular weight excluding hydrogens is 228 g/mol. The zero-order chi connectivity index (χ0) is 12.0. The van der Waals surface area contributed by atoms with Gasteiger partial charge in [0.25, 0.3) is 0 Å². The van der Waals surface area contributed by atoms with Gasteiger partial charge in [-0.3, -0.25) is 0 Å². The molecule has 86 valence electrons. The fourth-order valence-corrected chi connectivity index (χ4v) is 1.65. The van der Waals surface area contributed by atoms with Gasteiger partial charge >= 0.3 is 5.63 Å². The number of hydrogen-bond donors (Lipinski definition) is 0. The summed E-state index contributed by atoms with van der Waals surface area (Å²) >= 11 is 0. The molecule has 3 rings (SSSR count). The maximum atomic E-state index is 11.3. The van der Waals surface area contributed by atoms with Gasteiger partial charge in [-0.05, 0) is 12.1 Å². The van der Waals surface area contributed by atoms with Gasteiger partial charge in [-0.25, -0.2) is 4.79 Å². The van der Waals surface area contributed by atoms with E-state index in [9.17, 15) is 14.7 Å². The number of aromatic carboxylic acids is 1. The zero-order valence-electron chi connectivity index (χ0n) is 8.39. The zero-order valence-corrected chi connectivity index (χ0v) is 8.39. The molecule has 17 heavy (non-hydrogen) atoms. The van der Waals surface area contributed by atoms with Crippen LogP contribution in [-0.2, 0) is 0 Å². The van der Waals surface area contributed by atoms with Crippen molar-refractivity contribution >= 4 is 16.9 Å². The summed E-state index contributed by atoms with van der Waals surface area (Å²) in [5.41, 5.74) is -1.23. The molecule has 1 aliphatic rings. The Bertz CT molecular complexity index is 684. The molecule has 0 N–H and O–H groups in total. The number of carbonyl (C=O) groups is 1. The highest BCUT2D eigenvalue weighted by Crippen LogP contribution is 2.35. The van der Waals surface area contributed by atoms with Gasteiger partial charge in [0, 0.05) is 11.5 Å². The summed E-state index contributed by atoms with van der Waals surface area (Å²) in [4.78, 5) is 22.0. The predicted octanol–water partition coefficient (Wildman–Crippen LogP) is -0.115. The van der Waals surface area contributed by atoms with Gasteiger partial charge in [-0.15, -0.1) is 0 Å². The number of hydrogen-bond acceptors (Lipinski definition) is 6. The summed E-state index contributed by atoms with van der Waals surface area (Å²) < 4.78 is 15.1. The Balaban J connectivity index is 2.33. The van der Waals surface area contributed by atoms with E-state index in [0.29, 0.717) is 16.9 Å². The molecule has 0 amide bonds. The first-order chi connectivity index (χ1) is 8.15. The van der Waals surface area contributed by atoms with Gasteiger partial charge in [0.15, 0.2) is 11.5 Å². The Hall–Kier alpha value is -2.50. The third-order valence-corrected chi connectivity index (χ3v) is 2.45. The van der Waals surface area contributed by atoms with Crippen LogP contribution in [0.4, 0.5) is 0 Å². The average molecular weight is 233 g/mol. The van der Waals surface area contributed by atoms with Crippen molar-refractivity contribution in [3.05, 3.63) is 34.2 Å². The number of carbonyl (C=O) groups excluding carboxylic acids is 1. The van der Waals surface area contributed by atoms with Gasteiger partial charge in [0.1, 0.15) is 5.58 Å². The third-order valence-electron chi connectivity index (χ3n) is 2.45. The van der Waals surface area contributed by atoms with Gasteiger partial charge in [-0.1, -0.05) is 0 Å². The molecule has 0 bridgehead atoms. The van der Waals surface area contributed by atoms with Crippen LogP contribution in [0.3, 0.4) is 0 Å². The summed E-state index contributed by atoms with van der Waals surface area (Å²) in [7, 11) is 0. The molecule has 2 aromatic rings. The van der Waals surface area contributed by atoms with Crippen LogP contribution in [-0.4, -0.2) is 12.8 Å². The molecule has 0 atom stereocenters. The summed E-state index contributed by atoms with van der Waals surface area (Å²) in [5, 5.41) is 11.1. The van der Waals surface area contributed by atoms with E-state index in [2.05, 4.69) is 0 Å². The molecule has 1 aromatic heterocycles. The molecule has 0 fully saturated rings. The normalized spacial score (nSPS) is 12.9. The van der Waals surface area contributed by atoms with Crippen LogP contribution >= 0.6 is 0 Å². The average Bonchev–Trinajstić information content (AvgIpc) is 2.71. The first kappa shape index (κ1) is 9.71. The van der Waals surface area contributed by atoms with E-state index in [1.165, 1.54) is 12.1 Å². The Morgan fingerprint density at radius 2 is 1.88 bits per heavy atom. The highest BCUT2D eigenvalue weighted by atomic mass is 16.7. The maximum Gasteiger partial charge on any atom is 0.345 e. The van der Waals surface area contributed by atoms with Crippen molar-refractivity contribution < 1.29 is 23.8 Å². The second-order valence-electron chi connectivity index (χ2n) is 3.48. The molecule has 0 spiro atoms. The van der Waals surface area contributed by atoms with Gasteiger partial charge in [0.2, 0.25) is 6.79 Å². The first-order valence-electron chi connectivity index (χ1n) is 4.74. The fraction of sp³-hybridized carbons (Fsp3) is 0.0909. The van der Waals surface area contributed by atoms with Crippen molar-refractivity contribution in [3.8, 4) is 11.5 Å². The highest BCUT2D eigenvalue weighted by Gasteiger charge is 2.16. The molecule has 1 aromatic carbocycles. The molecule has 1 aliphatic heterocycles. The number of rotatable bonds is 1. The molecule has 0 radical (unpaired) electrons. The van der Waals surface area contributed by atoms with E-state index >= 15 is 0 Å². The Morgan fingerprint density at radius 3 is 2.59 bits per heavy atom. The van der Waals surface area contributed by atoms with Crippen LogP contribution in [0.1, 0.15) is 10.4 Å². The standard InChI is InChI=1S/C11H6O6/c12-10(13)6-1-5-2-8-9(16-4-15-8)3-7(5)17-11(6)14/h1-3H,4H2,(H,12,13)/p-1. The van der Waals surface area contributed by atoms with Crippen molar-refractivity contribution in [2.75, 3.05) is 6.79 Å². The van der Waals surface area contributed by atoms with E-state index in [1.54, 1.807) is 6.07 Å². The summed E-state index contributed by atoms with van der Waals surface area (Å²) in [6.45, 7) is 0.0865. The van der Waals surface area contributed by atoms with Crippen molar-refractivity contribution in [1.82, 2.24) is 0 Å². The minimum atomic E-state index is -1.57. The number of carboxylic acids is 1. The largest absolute Gasteiger partial charge is 0.545 e. The first-order valence-corrected chi connectivity index (χ1v) is 4.74. The van der Waals surface area contributed by atoms with Crippen LogP contribution in [0, 0.1) is 0 Å². The molecule has 0 saturated carbocycles. The number of ether oxygens (including phenoxy) is 2. The predicted molar refractivity (Wildman–Crippen MR) is 52.9 cm³/mol. The second kappa shape index (κ2) is 3.24. The lowest BCUT2D eigenvalue weighted by Gasteiger charge is -2.03. The minimum absolute atomic E-state index is 0.0865. The fourth-order valence-electron chi connectivity index (χ4n) is 1.65. The number of fused-ring (bicyclic) bond motifs is 2. The molecular formula is C11H5O6-. The number of benzene rings is 1. The van der Waals surface area contributed by atoms with E-state index < -0.39 is 17.2 Å². The van der Waals surface area contributed by atoms with Crippen LogP contribution in [0.15, 0.2) is 27.4 Å². The summed E-state index contributed by atoms with van der Waals surface area (Å²) in [6, 6.07) is 4.23. The Kier molecular flexibility index (Phi) is 1.85. The Morgan fingerprint density at radius 1 is 1.18 bits per heavy atom. The van der Waals surface area contributed by atoms with Gasteiger partial charge in [-0.2, -0.15) is 0 Å².